The highest BCUT2D eigenvalue weighted by Crippen LogP contribution is 2.45. The zero-order valence-corrected chi connectivity index (χ0v) is 26.2. The molecule has 1 saturated heterocycles. The minimum absolute atomic E-state index is 0.0821. The van der Waals surface area contributed by atoms with Gasteiger partial charge in [-0.15, -0.1) is 0 Å². The molecular weight excluding hydrogens is 590 g/mol. The number of carbonyl (C=O) groups is 1. The molecule has 9 heteroatoms. The Morgan fingerprint density at radius 1 is 0.932 bits per heavy atom. The molecule has 2 aromatic heterocycles. The molecule has 5 aromatic rings. The summed E-state index contributed by atoms with van der Waals surface area (Å²) in [5.41, 5.74) is 8.05. The van der Waals surface area contributed by atoms with Gasteiger partial charge in [0, 0.05) is 45.2 Å². The highest BCUT2D eigenvalue weighted by atomic mass is 35.5. The Morgan fingerprint density at radius 3 is 2.39 bits per heavy atom. The van der Waals surface area contributed by atoms with E-state index in [1.807, 2.05) is 91.0 Å². The molecule has 6 rings (SSSR count). The van der Waals surface area contributed by atoms with Crippen molar-refractivity contribution in [2.75, 3.05) is 16.8 Å². The molecule has 1 fully saturated rings. The Kier molecular flexibility index (Phi) is 8.37. The molecule has 3 heterocycles. The van der Waals surface area contributed by atoms with Gasteiger partial charge in [-0.2, -0.15) is 0 Å². The van der Waals surface area contributed by atoms with E-state index in [0.29, 0.717) is 21.6 Å². The number of para-hydroxylation sites is 1. The van der Waals surface area contributed by atoms with Crippen molar-refractivity contribution in [3.63, 3.8) is 0 Å². The van der Waals surface area contributed by atoms with Crippen LogP contribution in [-0.2, 0) is 4.79 Å². The number of amides is 1. The van der Waals surface area contributed by atoms with Crippen LogP contribution in [0.5, 0.6) is 5.75 Å². The molecule has 0 bridgehead atoms. The third-order valence-electron chi connectivity index (χ3n) is 8.01. The fourth-order valence-electron chi connectivity index (χ4n) is 5.94. The van der Waals surface area contributed by atoms with Crippen molar-refractivity contribution in [1.82, 2.24) is 14.9 Å². The highest BCUT2D eigenvalue weighted by molar-refractivity contribution is 7.80. The van der Waals surface area contributed by atoms with Gasteiger partial charge in [0.1, 0.15) is 5.75 Å². The second-order valence-corrected chi connectivity index (χ2v) is 11.5. The molecule has 7 nitrogen and oxygen atoms in total. The van der Waals surface area contributed by atoms with Gasteiger partial charge in [0.2, 0.25) is 0 Å². The third kappa shape index (κ3) is 5.78. The summed E-state index contributed by atoms with van der Waals surface area (Å²) in [5, 5.41) is 7.76. The number of ether oxygens (including phenoxy) is 1. The normalized spacial score (nSPS) is 16.1. The summed E-state index contributed by atoms with van der Waals surface area (Å²) < 4.78 is 7.84. The lowest BCUT2D eigenvalue weighted by Crippen LogP contribution is -2.30. The second kappa shape index (κ2) is 12.5. The lowest BCUT2D eigenvalue weighted by atomic mass is 9.93. The molecule has 1 amide bonds. The van der Waals surface area contributed by atoms with Gasteiger partial charge < -0.3 is 24.8 Å². The van der Waals surface area contributed by atoms with Gasteiger partial charge in [0.05, 0.1) is 17.8 Å². The lowest BCUT2D eigenvalue weighted by Gasteiger charge is -2.29. The Bertz CT molecular complexity index is 1810. The Balaban J connectivity index is 1.34. The van der Waals surface area contributed by atoms with E-state index in [4.69, 9.17) is 33.5 Å². The fraction of sp³-hybridized carbons (Fsp3) is 0.171. The first kappa shape index (κ1) is 29.4. The number of nitrogens with one attached hydrogen (secondary N) is 2. The molecule has 0 radical (unpaired) electrons. The number of carbonyl (C=O) groups excluding carboxylic acids is 1. The minimum atomic E-state index is -0.239. The number of nitrogens with zero attached hydrogens (tertiary/aromatic N) is 3. The number of thiocarbonyl (C=S) groups is 1. The van der Waals surface area contributed by atoms with Crippen molar-refractivity contribution >= 4 is 46.2 Å². The molecule has 0 aliphatic carbocycles. The summed E-state index contributed by atoms with van der Waals surface area (Å²) in [5.74, 6) is 0.406. The average Bonchev–Trinajstić information content (AvgIpc) is 3.48. The van der Waals surface area contributed by atoms with Gasteiger partial charge >= 0.3 is 0 Å². The zero-order valence-electron chi connectivity index (χ0n) is 24.6. The van der Waals surface area contributed by atoms with Crippen molar-refractivity contribution in [3.8, 4) is 11.4 Å². The van der Waals surface area contributed by atoms with Crippen molar-refractivity contribution in [3.05, 3.63) is 136 Å². The smallest absolute Gasteiger partial charge is 0.262 e. The van der Waals surface area contributed by atoms with E-state index >= 15 is 0 Å². The van der Waals surface area contributed by atoms with Gasteiger partial charge in [-0.3, -0.25) is 9.78 Å². The van der Waals surface area contributed by atoms with Gasteiger partial charge in [0.15, 0.2) is 11.7 Å². The summed E-state index contributed by atoms with van der Waals surface area (Å²) in [6.45, 7) is 6.35. The first-order chi connectivity index (χ1) is 21.3. The Morgan fingerprint density at radius 2 is 1.68 bits per heavy atom. The van der Waals surface area contributed by atoms with Crippen LogP contribution in [0.25, 0.3) is 5.69 Å². The molecule has 44 heavy (non-hydrogen) atoms. The van der Waals surface area contributed by atoms with E-state index in [2.05, 4.69) is 46.9 Å². The molecule has 2 N–H and O–H groups in total. The third-order valence-corrected chi connectivity index (χ3v) is 8.56. The van der Waals surface area contributed by atoms with Gasteiger partial charge in [-0.05, 0) is 105 Å². The lowest BCUT2D eigenvalue weighted by molar-refractivity contribution is -0.118. The first-order valence-electron chi connectivity index (χ1n) is 14.3. The van der Waals surface area contributed by atoms with E-state index in [1.165, 1.54) is 11.1 Å². The first-order valence-corrected chi connectivity index (χ1v) is 15.1. The van der Waals surface area contributed by atoms with Crippen LogP contribution in [0.3, 0.4) is 0 Å². The predicted molar refractivity (Wildman–Crippen MR) is 180 cm³/mol. The number of anilines is 2. The van der Waals surface area contributed by atoms with Gasteiger partial charge in [-0.1, -0.05) is 41.9 Å². The molecular formula is C35H32ClN5O2S. The molecule has 0 saturated carbocycles. The standard InChI is InChI=1S/C35H32ClN5O2S/c1-22-23(2)40(28-11-9-10-25(36)20-28)24(3)32(22)34-33(30-14-7-8-19-37-30)39-35(44)41(34)27-17-15-26(16-18-27)38-31(42)21-43-29-12-5-4-6-13-29/h4-20,33-34H,21H2,1-3H3,(H,38,42)(H,39,44)/t33-,34-/m0/s1. The van der Waals surface area contributed by atoms with Crippen molar-refractivity contribution in [2.24, 2.45) is 0 Å². The van der Waals surface area contributed by atoms with Crippen LogP contribution in [0.1, 0.15) is 40.3 Å². The van der Waals surface area contributed by atoms with Crippen LogP contribution < -0.4 is 20.3 Å². The van der Waals surface area contributed by atoms with Crippen LogP contribution in [0.4, 0.5) is 11.4 Å². The predicted octanol–water partition coefficient (Wildman–Crippen LogP) is 7.65. The molecule has 3 aromatic carbocycles. The van der Waals surface area contributed by atoms with Crippen LogP contribution in [0, 0.1) is 20.8 Å². The van der Waals surface area contributed by atoms with E-state index in [9.17, 15) is 4.79 Å². The number of hydrogen-bond acceptors (Lipinski definition) is 4. The summed E-state index contributed by atoms with van der Waals surface area (Å²) in [6, 6.07) is 30.4. The van der Waals surface area contributed by atoms with E-state index in [-0.39, 0.29) is 24.6 Å². The number of halogens is 1. The molecule has 2 atom stereocenters. The van der Waals surface area contributed by atoms with Crippen LogP contribution in [0.15, 0.2) is 103 Å². The number of pyridine rings is 1. The number of rotatable bonds is 8. The largest absolute Gasteiger partial charge is 0.484 e. The summed E-state index contributed by atoms with van der Waals surface area (Å²) in [7, 11) is 0. The molecule has 0 unspecified atom stereocenters. The van der Waals surface area contributed by atoms with E-state index < -0.39 is 0 Å². The maximum atomic E-state index is 12.6. The van der Waals surface area contributed by atoms with Crippen LogP contribution >= 0.6 is 23.8 Å². The van der Waals surface area contributed by atoms with E-state index in [0.717, 1.165) is 28.5 Å². The Hall–Kier alpha value is -4.66. The average molecular weight is 622 g/mol. The molecule has 0 spiro atoms. The number of hydrogen-bond donors (Lipinski definition) is 2. The number of aromatic nitrogens is 2. The SMILES string of the molecule is Cc1c([C@H]2[C@H](c3ccccn3)NC(=S)N2c2ccc(NC(=O)COc3ccccc3)cc2)c(C)n(-c2cccc(Cl)c2)c1C. The summed E-state index contributed by atoms with van der Waals surface area (Å²) >= 11 is 12.4. The summed E-state index contributed by atoms with van der Waals surface area (Å²) in [4.78, 5) is 19.4. The second-order valence-electron chi connectivity index (χ2n) is 10.7. The van der Waals surface area contributed by atoms with Crippen molar-refractivity contribution in [1.29, 1.82) is 0 Å². The van der Waals surface area contributed by atoms with Gasteiger partial charge in [-0.25, -0.2) is 0 Å². The van der Waals surface area contributed by atoms with Crippen LogP contribution in [-0.4, -0.2) is 27.2 Å². The van der Waals surface area contributed by atoms with Crippen molar-refractivity contribution in [2.45, 2.75) is 32.9 Å². The monoisotopic (exact) mass is 621 g/mol. The minimum Gasteiger partial charge on any atom is -0.484 e. The number of benzene rings is 3. The maximum absolute atomic E-state index is 12.6. The quantitative estimate of drug-likeness (QED) is 0.174. The van der Waals surface area contributed by atoms with Crippen molar-refractivity contribution < 1.29 is 9.53 Å². The molecule has 1 aliphatic rings. The zero-order chi connectivity index (χ0) is 30.8. The van der Waals surface area contributed by atoms with Gasteiger partial charge in [0.25, 0.3) is 5.91 Å². The fourth-order valence-corrected chi connectivity index (χ4v) is 6.47. The molecule has 222 valence electrons. The van der Waals surface area contributed by atoms with Crippen LogP contribution in [0.2, 0.25) is 5.02 Å². The summed E-state index contributed by atoms with van der Waals surface area (Å²) in [6.07, 6.45) is 1.81. The Labute approximate surface area is 267 Å². The highest BCUT2D eigenvalue weighted by Gasteiger charge is 2.43. The topological polar surface area (TPSA) is 71.4 Å². The maximum Gasteiger partial charge on any atom is 0.262 e. The van der Waals surface area contributed by atoms with E-state index in [1.54, 1.807) is 6.20 Å². The molecule has 1 aliphatic heterocycles.